The normalized spacial score (nSPS) is 16.3. The summed E-state index contributed by atoms with van der Waals surface area (Å²) in [4.78, 5) is 21.3. The van der Waals surface area contributed by atoms with Crippen LogP contribution in [0.15, 0.2) is 59.4 Å². The lowest BCUT2D eigenvalue weighted by molar-refractivity contribution is -0.124. The van der Waals surface area contributed by atoms with E-state index in [1.807, 2.05) is 59.3 Å². The number of nitrogens with one attached hydrogen (secondary N) is 1. The van der Waals surface area contributed by atoms with E-state index >= 15 is 0 Å². The summed E-state index contributed by atoms with van der Waals surface area (Å²) in [6, 6.07) is 13.2. The lowest BCUT2D eigenvalue weighted by Gasteiger charge is -2.10. The summed E-state index contributed by atoms with van der Waals surface area (Å²) in [7, 11) is 0. The van der Waals surface area contributed by atoms with Crippen molar-refractivity contribution < 1.29 is 14.1 Å². The number of carbonyl (C=O) groups excluding carboxylic acids is 1. The van der Waals surface area contributed by atoms with E-state index in [-0.39, 0.29) is 12.0 Å². The first-order valence-electron chi connectivity index (χ1n) is 9.53. The highest BCUT2D eigenvalue weighted by Crippen LogP contribution is 2.23. The van der Waals surface area contributed by atoms with Crippen molar-refractivity contribution in [2.45, 2.75) is 25.4 Å². The first-order valence-corrected chi connectivity index (χ1v) is 9.53. The summed E-state index contributed by atoms with van der Waals surface area (Å²) in [6.07, 6.45) is 5.66. The number of nitrogens with zero attached hydrogens (tertiary/aromatic N) is 4. The van der Waals surface area contributed by atoms with Crippen LogP contribution in [0.25, 0.3) is 17.1 Å². The number of carbonyl (C=O) groups is 1. The quantitative estimate of drug-likeness (QED) is 0.564. The van der Waals surface area contributed by atoms with Gasteiger partial charge in [0.1, 0.15) is 11.8 Å². The molecule has 4 aromatic rings. The predicted molar refractivity (Wildman–Crippen MR) is 105 cm³/mol. The summed E-state index contributed by atoms with van der Waals surface area (Å²) >= 11 is 0. The third-order valence-electron chi connectivity index (χ3n) is 4.82. The van der Waals surface area contributed by atoms with E-state index in [9.17, 15) is 4.79 Å². The van der Waals surface area contributed by atoms with Gasteiger partial charge in [-0.3, -0.25) is 4.79 Å². The Bertz CT molecular complexity index is 1130. The summed E-state index contributed by atoms with van der Waals surface area (Å²) in [5.41, 5.74) is 3.15. The number of fused-ring (bicyclic) bond motifs is 1. The minimum absolute atomic E-state index is 0.127. The van der Waals surface area contributed by atoms with E-state index in [2.05, 4.69) is 20.4 Å². The number of amides is 1. The zero-order chi connectivity index (χ0) is 19.6. The summed E-state index contributed by atoms with van der Waals surface area (Å²) in [5.74, 6) is 0.826. The summed E-state index contributed by atoms with van der Waals surface area (Å²) < 4.78 is 12.8. The molecule has 1 unspecified atom stereocenters. The number of benzene rings is 1. The molecule has 4 heterocycles. The topological polar surface area (TPSA) is 94.6 Å². The van der Waals surface area contributed by atoms with Crippen LogP contribution in [0.3, 0.4) is 0 Å². The van der Waals surface area contributed by atoms with Crippen LogP contribution in [0.2, 0.25) is 0 Å². The number of rotatable bonds is 5. The molecule has 0 radical (unpaired) electrons. The maximum Gasteiger partial charge on any atom is 0.258 e. The van der Waals surface area contributed by atoms with Gasteiger partial charge in [0, 0.05) is 30.3 Å². The highest BCUT2D eigenvalue weighted by Gasteiger charge is 2.23. The Morgan fingerprint density at radius 2 is 2.17 bits per heavy atom. The molecule has 1 fully saturated rings. The van der Waals surface area contributed by atoms with Crippen molar-refractivity contribution in [3.05, 3.63) is 66.4 Å². The molecule has 1 saturated heterocycles. The maximum absolute atomic E-state index is 12.2. The standard InChI is InChI=1S/C21H19N5O3/c27-20(17-7-4-10-28-17)23-15-6-3-5-14(11-15)21-24-18(25-29-21)12-16-13-26-9-2-1-8-19(26)22-16/h1-3,5-6,8-9,11,13,17H,4,7,10,12H2,(H,23,27). The van der Waals surface area contributed by atoms with Crippen LogP contribution in [0.4, 0.5) is 5.69 Å². The molecule has 0 bridgehead atoms. The molecule has 1 atom stereocenters. The van der Waals surface area contributed by atoms with E-state index in [4.69, 9.17) is 9.26 Å². The molecule has 0 spiro atoms. The van der Waals surface area contributed by atoms with E-state index in [1.54, 1.807) is 0 Å². The third kappa shape index (κ3) is 3.74. The molecule has 5 rings (SSSR count). The molecule has 1 aromatic carbocycles. The molecule has 1 aliphatic heterocycles. The Balaban J connectivity index is 1.31. The second kappa shape index (κ2) is 7.48. The van der Waals surface area contributed by atoms with Gasteiger partial charge in [-0.05, 0) is 43.2 Å². The average molecular weight is 389 g/mol. The lowest BCUT2D eigenvalue weighted by atomic mass is 10.2. The number of hydrogen-bond donors (Lipinski definition) is 1. The van der Waals surface area contributed by atoms with Crippen molar-refractivity contribution in [2.75, 3.05) is 11.9 Å². The van der Waals surface area contributed by atoms with Gasteiger partial charge in [0.15, 0.2) is 5.82 Å². The van der Waals surface area contributed by atoms with Gasteiger partial charge in [-0.2, -0.15) is 4.98 Å². The molecule has 29 heavy (non-hydrogen) atoms. The van der Waals surface area contributed by atoms with Crippen LogP contribution in [0.5, 0.6) is 0 Å². The second-order valence-corrected chi connectivity index (χ2v) is 6.96. The molecular formula is C21H19N5O3. The van der Waals surface area contributed by atoms with Gasteiger partial charge in [0.2, 0.25) is 0 Å². The monoisotopic (exact) mass is 389 g/mol. The van der Waals surface area contributed by atoms with Crippen molar-refractivity contribution in [2.24, 2.45) is 0 Å². The van der Waals surface area contributed by atoms with Gasteiger partial charge < -0.3 is 19.0 Å². The van der Waals surface area contributed by atoms with Crippen molar-refractivity contribution in [3.63, 3.8) is 0 Å². The van der Waals surface area contributed by atoms with Gasteiger partial charge in [0.25, 0.3) is 11.8 Å². The average Bonchev–Trinajstić information content (AvgIpc) is 3.49. The summed E-state index contributed by atoms with van der Waals surface area (Å²) in [6.45, 7) is 0.634. The minimum Gasteiger partial charge on any atom is -0.368 e. The van der Waals surface area contributed by atoms with Gasteiger partial charge in [-0.15, -0.1) is 0 Å². The maximum atomic E-state index is 12.2. The molecular weight excluding hydrogens is 370 g/mol. The first kappa shape index (κ1) is 17.6. The summed E-state index contributed by atoms with van der Waals surface area (Å²) in [5, 5.41) is 6.96. The van der Waals surface area contributed by atoms with Crippen LogP contribution < -0.4 is 5.32 Å². The number of pyridine rings is 1. The Labute approximate surface area is 166 Å². The number of imidazole rings is 1. The zero-order valence-corrected chi connectivity index (χ0v) is 15.6. The molecule has 0 saturated carbocycles. The van der Waals surface area contributed by atoms with E-state index in [1.165, 1.54) is 0 Å². The molecule has 1 aliphatic rings. The van der Waals surface area contributed by atoms with Gasteiger partial charge in [-0.25, -0.2) is 4.98 Å². The lowest BCUT2D eigenvalue weighted by Crippen LogP contribution is -2.26. The highest BCUT2D eigenvalue weighted by molar-refractivity contribution is 5.94. The van der Waals surface area contributed by atoms with Crippen LogP contribution in [0, 0.1) is 0 Å². The fourth-order valence-electron chi connectivity index (χ4n) is 3.41. The Hall–Kier alpha value is -3.52. The highest BCUT2D eigenvalue weighted by atomic mass is 16.5. The molecule has 8 nitrogen and oxygen atoms in total. The Morgan fingerprint density at radius 1 is 1.21 bits per heavy atom. The van der Waals surface area contributed by atoms with Crippen LogP contribution in [-0.4, -0.2) is 38.1 Å². The molecule has 1 amide bonds. The largest absolute Gasteiger partial charge is 0.368 e. The van der Waals surface area contributed by atoms with Crippen molar-refractivity contribution in [1.82, 2.24) is 19.5 Å². The van der Waals surface area contributed by atoms with E-state index in [0.717, 1.165) is 29.7 Å². The zero-order valence-electron chi connectivity index (χ0n) is 15.6. The molecule has 0 aliphatic carbocycles. The van der Waals surface area contributed by atoms with Gasteiger partial charge in [-0.1, -0.05) is 17.3 Å². The van der Waals surface area contributed by atoms with Crippen molar-refractivity contribution in [1.29, 1.82) is 0 Å². The number of aromatic nitrogens is 4. The van der Waals surface area contributed by atoms with Crippen molar-refractivity contribution >= 4 is 17.2 Å². The molecule has 3 aromatic heterocycles. The predicted octanol–water partition coefficient (Wildman–Crippen LogP) is 3.09. The fraction of sp³-hybridized carbons (Fsp3) is 0.238. The minimum atomic E-state index is -0.376. The SMILES string of the molecule is O=C(Nc1cccc(-c2nc(Cc3cn4ccccc4n3)no2)c1)C1CCCO1. The second-order valence-electron chi connectivity index (χ2n) is 6.96. The van der Waals surface area contributed by atoms with Crippen LogP contribution in [-0.2, 0) is 16.0 Å². The number of hydrogen-bond acceptors (Lipinski definition) is 6. The van der Waals surface area contributed by atoms with Gasteiger partial charge in [0.05, 0.1) is 12.1 Å². The Morgan fingerprint density at radius 3 is 3.03 bits per heavy atom. The number of anilines is 1. The Kier molecular flexibility index (Phi) is 4.53. The first-order chi connectivity index (χ1) is 14.2. The van der Waals surface area contributed by atoms with Crippen LogP contribution in [0.1, 0.15) is 24.4 Å². The third-order valence-corrected chi connectivity index (χ3v) is 4.82. The number of ether oxygens (including phenoxy) is 1. The van der Waals surface area contributed by atoms with Gasteiger partial charge >= 0.3 is 0 Å². The molecule has 1 N–H and O–H groups in total. The smallest absolute Gasteiger partial charge is 0.258 e. The fourth-order valence-corrected chi connectivity index (χ4v) is 3.41. The molecule has 8 heteroatoms. The van der Waals surface area contributed by atoms with E-state index < -0.39 is 0 Å². The molecule has 146 valence electrons. The van der Waals surface area contributed by atoms with E-state index in [0.29, 0.717) is 30.4 Å². The van der Waals surface area contributed by atoms with Crippen molar-refractivity contribution in [3.8, 4) is 11.5 Å². The van der Waals surface area contributed by atoms with Crippen LogP contribution >= 0.6 is 0 Å².